The van der Waals surface area contributed by atoms with Crippen LogP contribution < -0.4 is 0 Å². The molecule has 0 N–H and O–H groups in total. The van der Waals surface area contributed by atoms with Crippen molar-refractivity contribution in [1.82, 2.24) is 4.90 Å². The van der Waals surface area contributed by atoms with Gasteiger partial charge in [-0.1, -0.05) is 0 Å². The van der Waals surface area contributed by atoms with E-state index in [2.05, 4.69) is 4.74 Å². The Balaban J connectivity index is 5.45. The van der Waals surface area contributed by atoms with Crippen molar-refractivity contribution in [3.8, 4) is 0 Å². The van der Waals surface area contributed by atoms with Crippen molar-refractivity contribution in [1.29, 1.82) is 0 Å². The summed E-state index contributed by atoms with van der Waals surface area (Å²) in [5, 5.41) is 0. The topological polar surface area (TPSA) is 12.5 Å². The molecule has 0 atom stereocenters. The first kappa shape index (κ1) is 15.7. The van der Waals surface area contributed by atoms with Gasteiger partial charge in [-0.25, -0.2) is 0 Å². The highest BCUT2D eigenvalue weighted by atomic mass is 19.4. The standard InChI is InChI=1S/C6H4F9NO/c1-17-3(4(7,8)9)2-16(5(10,11)12)6(13,14)15/h2H,1H3/b3-2-. The maximum absolute atomic E-state index is 11.9. The first-order chi connectivity index (χ1) is 7.30. The lowest BCUT2D eigenvalue weighted by Gasteiger charge is -2.26. The largest absolute Gasteiger partial charge is 0.491 e. The van der Waals surface area contributed by atoms with Crippen LogP contribution in [0.2, 0.25) is 0 Å². The summed E-state index contributed by atoms with van der Waals surface area (Å²) in [4.78, 5) is -2.35. The van der Waals surface area contributed by atoms with E-state index in [1.807, 2.05) is 0 Å². The molecule has 0 amide bonds. The molecular formula is C6H4F9NO. The first-order valence-electron chi connectivity index (χ1n) is 3.56. The Morgan fingerprint density at radius 1 is 0.882 bits per heavy atom. The number of methoxy groups -OCH3 is 1. The quantitative estimate of drug-likeness (QED) is 0.436. The average Bonchev–Trinajstić information content (AvgIpc) is 1.97. The third kappa shape index (κ3) is 4.61. The number of alkyl halides is 9. The number of hydrogen-bond acceptors (Lipinski definition) is 2. The number of hydrogen-bond donors (Lipinski definition) is 0. The molecule has 0 radical (unpaired) electrons. The highest BCUT2D eigenvalue weighted by molar-refractivity contribution is 5.01. The van der Waals surface area contributed by atoms with E-state index in [0.717, 1.165) is 0 Å². The summed E-state index contributed by atoms with van der Waals surface area (Å²) in [7, 11) is 0.296. The summed E-state index contributed by atoms with van der Waals surface area (Å²) in [5.41, 5.74) is 0. The molecule has 0 rings (SSSR count). The van der Waals surface area contributed by atoms with Gasteiger partial charge in [0.1, 0.15) is 0 Å². The molecule has 0 aliphatic rings. The second-order valence-electron chi connectivity index (χ2n) is 2.50. The molecule has 102 valence electrons. The molecule has 0 aromatic heterocycles. The number of rotatable bonds is 2. The van der Waals surface area contributed by atoms with Crippen molar-refractivity contribution in [2.24, 2.45) is 0 Å². The molecule has 2 nitrogen and oxygen atoms in total. The Morgan fingerprint density at radius 3 is 1.41 bits per heavy atom. The first-order valence-corrected chi connectivity index (χ1v) is 3.56. The van der Waals surface area contributed by atoms with Crippen LogP contribution in [0, 0.1) is 0 Å². The van der Waals surface area contributed by atoms with Crippen molar-refractivity contribution in [2.75, 3.05) is 7.11 Å². The zero-order valence-electron chi connectivity index (χ0n) is 7.83. The minimum atomic E-state index is -6.05. The van der Waals surface area contributed by atoms with Gasteiger partial charge in [0.15, 0.2) is 0 Å². The van der Waals surface area contributed by atoms with Crippen molar-refractivity contribution < 1.29 is 44.3 Å². The van der Waals surface area contributed by atoms with E-state index >= 15 is 0 Å². The number of ether oxygens (including phenoxy) is 1. The smallest absolute Gasteiger partial charge is 0.491 e. The summed E-state index contributed by atoms with van der Waals surface area (Å²) >= 11 is 0. The summed E-state index contributed by atoms with van der Waals surface area (Å²) in [6.07, 6.45) is -18.8. The van der Waals surface area contributed by atoms with Crippen molar-refractivity contribution >= 4 is 0 Å². The average molecular weight is 277 g/mol. The van der Waals surface area contributed by atoms with E-state index in [1.54, 1.807) is 0 Å². The Labute approximate surface area is 88.2 Å². The van der Waals surface area contributed by atoms with Crippen LogP contribution in [-0.2, 0) is 4.74 Å². The van der Waals surface area contributed by atoms with Crippen molar-refractivity contribution in [3.05, 3.63) is 12.0 Å². The molecular weight excluding hydrogens is 273 g/mol. The van der Waals surface area contributed by atoms with Crippen LogP contribution in [0.3, 0.4) is 0 Å². The highest BCUT2D eigenvalue weighted by Crippen LogP contribution is 2.36. The SMILES string of the molecule is CO/C(=C\N(C(F)(F)F)C(F)(F)F)C(F)(F)F. The number of halogens is 9. The van der Waals surface area contributed by atoms with Gasteiger partial charge in [-0.3, -0.25) is 0 Å². The van der Waals surface area contributed by atoms with Gasteiger partial charge in [0.05, 0.1) is 13.3 Å². The number of nitrogens with zero attached hydrogens (tertiary/aromatic N) is 1. The second-order valence-corrected chi connectivity index (χ2v) is 2.50. The molecule has 0 spiro atoms. The molecule has 0 unspecified atom stereocenters. The summed E-state index contributed by atoms with van der Waals surface area (Å²) in [6.45, 7) is 0. The molecule has 0 aliphatic heterocycles. The highest BCUT2D eigenvalue weighted by Gasteiger charge is 2.53. The Morgan fingerprint density at radius 2 is 1.24 bits per heavy atom. The molecule has 0 heterocycles. The third-order valence-corrected chi connectivity index (χ3v) is 1.29. The lowest BCUT2D eigenvalue weighted by atomic mass is 10.5. The van der Waals surface area contributed by atoms with Crippen LogP contribution in [0.5, 0.6) is 0 Å². The summed E-state index contributed by atoms with van der Waals surface area (Å²) < 4.78 is 110. The van der Waals surface area contributed by atoms with Gasteiger partial charge < -0.3 is 4.74 Å². The molecule has 0 aromatic rings. The molecule has 0 aliphatic carbocycles. The summed E-state index contributed by atoms with van der Waals surface area (Å²) in [5.74, 6) is -2.42. The van der Waals surface area contributed by atoms with E-state index < -0.39 is 35.6 Å². The maximum atomic E-state index is 11.9. The Bertz CT molecular complexity index is 271. The van der Waals surface area contributed by atoms with Gasteiger partial charge in [0.2, 0.25) is 5.76 Å². The predicted molar refractivity (Wildman–Crippen MR) is 35.1 cm³/mol. The molecule has 0 fully saturated rings. The van der Waals surface area contributed by atoms with Gasteiger partial charge in [0, 0.05) is 0 Å². The number of allylic oxidation sites excluding steroid dienone is 1. The minimum Gasteiger partial charge on any atom is -0.491 e. The van der Waals surface area contributed by atoms with Crippen molar-refractivity contribution in [3.63, 3.8) is 0 Å². The lowest BCUT2D eigenvalue weighted by Crippen LogP contribution is -2.45. The fourth-order valence-corrected chi connectivity index (χ4v) is 0.649. The van der Waals surface area contributed by atoms with E-state index in [0.29, 0.717) is 7.11 Å². The fourth-order valence-electron chi connectivity index (χ4n) is 0.649. The Hall–Kier alpha value is -1.29. The van der Waals surface area contributed by atoms with Crippen LogP contribution in [-0.4, -0.2) is 30.8 Å². The minimum absolute atomic E-state index is 0.296. The predicted octanol–water partition coefficient (Wildman–Crippen LogP) is 3.38. The van der Waals surface area contributed by atoms with E-state index in [1.165, 1.54) is 0 Å². The van der Waals surface area contributed by atoms with Crippen LogP contribution >= 0.6 is 0 Å². The molecule has 0 saturated heterocycles. The monoisotopic (exact) mass is 277 g/mol. The van der Waals surface area contributed by atoms with Crippen molar-refractivity contribution in [2.45, 2.75) is 18.8 Å². The fraction of sp³-hybridized carbons (Fsp3) is 0.667. The van der Waals surface area contributed by atoms with Crippen LogP contribution in [0.15, 0.2) is 12.0 Å². The zero-order valence-corrected chi connectivity index (χ0v) is 7.83. The normalized spacial score (nSPS) is 14.8. The van der Waals surface area contributed by atoms with Gasteiger partial charge in [-0.05, 0) is 0 Å². The zero-order chi connectivity index (χ0) is 14.1. The summed E-state index contributed by atoms with van der Waals surface area (Å²) in [6, 6.07) is 0. The molecule has 11 heteroatoms. The third-order valence-electron chi connectivity index (χ3n) is 1.29. The molecule has 0 bridgehead atoms. The van der Waals surface area contributed by atoms with Gasteiger partial charge >= 0.3 is 18.8 Å². The second kappa shape index (κ2) is 4.53. The van der Waals surface area contributed by atoms with Crippen LogP contribution in [0.1, 0.15) is 0 Å². The molecule has 0 aromatic carbocycles. The lowest BCUT2D eigenvalue weighted by molar-refractivity contribution is -0.355. The molecule has 17 heavy (non-hydrogen) atoms. The van der Waals surface area contributed by atoms with Crippen LogP contribution in [0.25, 0.3) is 0 Å². The van der Waals surface area contributed by atoms with Gasteiger partial charge in [-0.2, -0.15) is 18.1 Å². The maximum Gasteiger partial charge on any atom is 0.491 e. The van der Waals surface area contributed by atoms with Gasteiger partial charge in [0.25, 0.3) is 0 Å². The van der Waals surface area contributed by atoms with E-state index in [-0.39, 0.29) is 0 Å². The van der Waals surface area contributed by atoms with E-state index in [4.69, 9.17) is 0 Å². The Kier molecular flexibility index (Phi) is 4.18. The van der Waals surface area contributed by atoms with E-state index in [9.17, 15) is 39.5 Å². The molecule has 0 saturated carbocycles. The van der Waals surface area contributed by atoms with Gasteiger partial charge in [-0.15, -0.1) is 26.3 Å². The van der Waals surface area contributed by atoms with Crippen LogP contribution in [0.4, 0.5) is 39.5 Å².